The van der Waals surface area contributed by atoms with Gasteiger partial charge in [0.15, 0.2) is 0 Å². The van der Waals surface area contributed by atoms with Gasteiger partial charge in [-0.05, 0) is 19.3 Å². The minimum absolute atomic E-state index is 0.0211. The first kappa shape index (κ1) is 8.33. The predicted octanol–water partition coefficient (Wildman–Crippen LogP) is 0.0981. The molecule has 0 atom stereocenters. The van der Waals surface area contributed by atoms with Crippen LogP contribution in [0.15, 0.2) is 0 Å². The molecule has 0 aromatic heterocycles. The van der Waals surface area contributed by atoms with Crippen molar-refractivity contribution in [3.05, 3.63) is 0 Å². The fraction of sp³-hybridized carbons (Fsp3) is 0.857. The molecule has 4 heteroatoms. The SMILES string of the molecule is NCN1CCCCCNC1=O. The summed E-state index contributed by atoms with van der Waals surface area (Å²) in [5.41, 5.74) is 5.38. The summed E-state index contributed by atoms with van der Waals surface area (Å²) in [5.74, 6) is 0. The van der Waals surface area contributed by atoms with Gasteiger partial charge in [-0.2, -0.15) is 0 Å². The van der Waals surface area contributed by atoms with Crippen LogP contribution in [0.1, 0.15) is 19.3 Å². The van der Waals surface area contributed by atoms with Gasteiger partial charge >= 0.3 is 6.03 Å². The summed E-state index contributed by atoms with van der Waals surface area (Å²) >= 11 is 0. The average molecular weight is 157 g/mol. The van der Waals surface area contributed by atoms with Gasteiger partial charge in [-0.3, -0.25) is 0 Å². The molecule has 1 rings (SSSR count). The summed E-state index contributed by atoms with van der Waals surface area (Å²) in [6.07, 6.45) is 3.34. The highest BCUT2D eigenvalue weighted by Crippen LogP contribution is 2.01. The maximum Gasteiger partial charge on any atom is 0.318 e. The van der Waals surface area contributed by atoms with E-state index >= 15 is 0 Å². The number of amides is 2. The number of rotatable bonds is 1. The number of nitrogens with zero attached hydrogens (tertiary/aromatic N) is 1. The first-order chi connectivity index (χ1) is 5.34. The van der Waals surface area contributed by atoms with Crippen molar-refractivity contribution < 1.29 is 4.79 Å². The van der Waals surface area contributed by atoms with Crippen LogP contribution in [0.5, 0.6) is 0 Å². The van der Waals surface area contributed by atoms with Crippen LogP contribution < -0.4 is 11.1 Å². The number of hydrogen-bond acceptors (Lipinski definition) is 2. The lowest BCUT2D eigenvalue weighted by molar-refractivity contribution is 0.194. The van der Waals surface area contributed by atoms with Crippen LogP contribution in [0.25, 0.3) is 0 Å². The van der Waals surface area contributed by atoms with Crippen LogP contribution in [0.2, 0.25) is 0 Å². The Morgan fingerprint density at radius 3 is 3.00 bits per heavy atom. The highest BCUT2D eigenvalue weighted by atomic mass is 16.2. The highest BCUT2D eigenvalue weighted by molar-refractivity contribution is 5.74. The normalized spacial score (nSPS) is 20.5. The second kappa shape index (κ2) is 4.18. The number of carbonyl (C=O) groups excluding carboxylic acids is 1. The molecule has 0 radical (unpaired) electrons. The monoisotopic (exact) mass is 157 g/mol. The molecule has 1 heterocycles. The number of nitrogens with one attached hydrogen (secondary N) is 1. The Kier molecular flexibility index (Phi) is 3.16. The topological polar surface area (TPSA) is 58.4 Å². The fourth-order valence-electron chi connectivity index (χ4n) is 1.19. The number of carbonyl (C=O) groups is 1. The van der Waals surface area contributed by atoms with Gasteiger partial charge in [-0.25, -0.2) is 4.79 Å². The summed E-state index contributed by atoms with van der Waals surface area (Å²) in [4.78, 5) is 12.8. The Hall–Kier alpha value is -0.770. The third-order valence-corrected chi connectivity index (χ3v) is 1.89. The molecule has 64 valence electrons. The standard InChI is InChI=1S/C7H15N3O/c8-6-10-5-3-1-2-4-9-7(10)11/h1-6,8H2,(H,9,11). The van der Waals surface area contributed by atoms with Crippen LogP contribution >= 0.6 is 0 Å². The second-order valence-electron chi connectivity index (χ2n) is 2.74. The van der Waals surface area contributed by atoms with Crippen LogP contribution in [0.4, 0.5) is 4.79 Å². The maximum absolute atomic E-state index is 11.1. The third-order valence-electron chi connectivity index (χ3n) is 1.89. The molecule has 0 saturated carbocycles. The van der Waals surface area contributed by atoms with E-state index in [4.69, 9.17) is 5.73 Å². The van der Waals surface area contributed by atoms with Crippen molar-refractivity contribution in [2.24, 2.45) is 5.73 Å². The third kappa shape index (κ3) is 2.38. The van der Waals surface area contributed by atoms with Gasteiger partial charge in [-0.15, -0.1) is 0 Å². The van der Waals surface area contributed by atoms with Crippen molar-refractivity contribution in [1.29, 1.82) is 0 Å². The summed E-state index contributed by atoms with van der Waals surface area (Å²) in [6, 6.07) is -0.0211. The van der Waals surface area contributed by atoms with Crippen LogP contribution in [-0.4, -0.2) is 30.7 Å². The lowest BCUT2D eigenvalue weighted by Crippen LogP contribution is -2.45. The number of nitrogens with two attached hydrogens (primary N) is 1. The Morgan fingerprint density at radius 2 is 2.27 bits per heavy atom. The van der Waals surface area contributed by atoms with Crippen molar-refractivity contribution in [2.45, 2.75) is 19.3 Å². The molecule has 1 aliphatic heterocycles. The summed E-state index contributed by atoms with van der Waals surface area (Å²) < 4.78 is 0. The highest BCUT2D eigenvalue weighted by Gasteiger charge is 2.11. The van der Waals surface area contributed by atoms with E-state index in [1.165, 1.54) is 6.42 Å². The number of urea groups is 1. The van der Waals surface area contributed by atoms with Crippen LogP contribution in [0.3, 0.4) is 0 Å². The van der Waals surface area contributed by atoms with Crippen molar-refractivity contribution in [3.63, 3.8) is 0 Å². The zero-order valence-electron chi connectivity index (χ0n) is 6.68. The van der Waals surface area contributed by atoms with Crippen molar-refractivity contribution in [2.75, 3.05) is 19.8 Å². The fourth-order valence-corrected chi connectivity index (χ4v) is 1.19. The molecule has 0 unspecified atom stereocenters. The molecule has 3 N–H and O–H groups in total. The Bertz CT molecular complexity index is 138. The van der Waals surface area contributed by atoms with Gasteiger partial charge < -0.3 is 16.0 Å². The van der Waals surface area contributed by atoms with Gasteiger partial charge in [-0.1, -0.05) is 0 Å². The Labute approximate surface area is 66.7 Å². The van der Waals surface area contributed by atoms with Gasteiger partial charge in [0.2, 0.25) is 0 Å². The minimum atomic E-state index is -0.0211. The van der Waals surface area contributed by atoms with E-state index in [1.54, 1.807) is 4.90 Å². The lowest BCUT2D eigenvalue weighted by atomic mass is 10.2. The van der Waals surface area contributed by atoms with E-state index in [0.717, 1.165) is 25.9 Å². The first-order valence-corrected chi connectivity index (χ1v) is 4.07. The molecular formula is C7H15N3O. The largest absolute Gasteiger partial charge is 0.338 e. The number of hydrogen-bond donors (Lipinski definition) is 2. The summed E-state index contributed by atoms with van der Waals surface area (Å²) in [6.45, 7) is 1.91. The van der Waals surface area contributed by atoms with Gasteiger partial charge in [0.05, 0.1) is 6.67 Å². The predicted molar refractivity (Wildman–Crippen MR) is 43.0 cm³/mol. The molecule has 0 spiro atoms. The average Bonchev–Trinajstić information content (AvgIpc) is 1.98. The van der Waals surface area contributed by atoms with Crippen LogP contribution in [0, 0.1) is 0 Å². The molecule has 11 heavy (non-hydrogen) atoms. The second-order valence-corrected chi connectivity index (χ2v) is 2.74. The molecule has 1 fully saturated rings. The van der Waals surface area contributed by atoms with Gasteiger partial charge in [0.25, 0.3) is 0 Å². The molecule has 0 aliphatic carbocycles. The molecule has 1 saturated heterocycles. The van der Waals surface area contributed by atoms with Gasteiger partial charge in [0.1, 0.15) is 0 Å². The molecule has 2 amide bonds. The zero-order chi connectivity index (χ0) is 8.10. The molecular weight excluding hydrogens is 142 g/mol. The van der Waals surface area contributed by atoms with Crippen molar-refractivity contribution in [1.82, 2.24) is 10.2 Å². The van der Waals surface area contributed by atoms with E-state index in [0.29, 0.717) is 6.67 Å². The Morgan fingerprint density at radius 1 is 1.45 bits per heavy atom. The quantitative estimate of drug-likeness (QED) is 0.567. The zero-order valence-corrected chi connectivity index (χ0v) is 6.68. The van der Waals surface area contributed by atoms with E-state index in [1.807, 2.05) is 0 Å². The van der Waals surface area contributed by atoms with Crippen molar-refractivity contribution in [3.8, 4) is 0 Å². The molecule has 0 aromatic carbocycles. The van der Waals surface area contributed by atoms with Crippen LogP contribution in [-0.2, 0) is 0 Å². The first-order valence-electron chi connectivity index (χ1n) is 4.07. The maximum atomic E-state index is 11.1. The smallest absolute Gasteiger partial charge is 0.318 e. The molecule has 0 aromatic rings. The molecule has 0 bridgehead atoms. The van der Waals surface area contributed by atoms with E-state index in [9.17, 15) is 4.79 Å². The minimum Gasteiger partial charge on any atom is -0.338 e. The molecule has 4 nitrogen and oxygen atoms in total. The Balaban J connectivity index is 2.39. The molecule has 1 aliphatic rings. The van der Waals surface area contributed by atoms with E-state index < -0.39 is 0 Å². The summed E-state index contributed by atoms with van der Waals surface area (Å²) in [5, 5.41) is 2.79. The van der Waals surface area contributed by atoms with Gasteiger partial charge in [0, 0.05) is 13.1 Å². The lowest BCUT2D eigenvalue weighted by Gasteiger charge is -2.23. The van der Waals surface area contributed by atoms with E-state index in [2.05, 4.69) is 5.32 Å². The summed E-state index contributed by atoms with van der Waals surface area (Å²) in [7, 11) is 0. The van der Waals surface area contributed by atoms with Crippen molar-refractivity contribution >= 4 is 6.03 Å². The van der Waals surface area contributed by atoms with E-state index in [-0.39, 0.29) is 6.03 Å².